The van der Waals surface area contributed by atoms with Crippen LogP contribution in [0.1, 0.15) is 147 Å². The highest BCUT2D eigenvalue weighted by molar-refractivity contribution is 6.21. The molecular weight excluding hydrogens is 1770 g/mol. The number of alkyl halides is 1. The Bertz CT molecular complexity index is 5820. The number of nitro groups is 2. The number of ether oxygens (including phenoxy) is 16. The second-order valence-electron chi connectivity index (χ2n) is 28.3. The fourth-order valence-electron chi connectivity index (χ4n) is 13.7. The summed E-state index contributed by atoms with van der Waals surface area (Å²) < 4.78 is 87.3. The van der Waals surface area contributed by atoms with Crippen LogP contribution in [0.5, 0.6) is 63.2 Å². The van der Waals surface area contributed by atoms with Crippen molar-refractivity contribution in [3.63, 3.8) is 0 Å². The number of benzene rings is 8. The van der Waals surface area contributed by atoms with Crippen LogP contribution in [0.2, 0.25) is 0 Å². The van der Waals surface area contributed by atoms with Crippen molar-refractivity contribution in [1.82, 2.24) is 0 Å². The molecule has 0 saturated heterocycles. The van der Waals surface area contributed by atoms with Crippen molar-refractivity contribution in [1.29, 1.82) is 0 Å². The first-order chi connectivity index (χ1) is 63.8. The van der Waals surface area contributed by atoms with Gasteiger partial charge in [-0.2, -0.15) is 0 Å². The molecule has 0 amide bonds. The normalized spacial score (nSPS) is 14.4. The molecule has 39 heteroatoms. The average molecular weight is 1860 g/mol. The lowest BCUT2D eigenvalue weighted by Gasteiger charge is -2.36. The van der Waals surface area contributed by atoms with E-state index in [0.29, 0.717) is 50.1 Å². The fraction of sp³-hybridized carbons (Fsp3) is 0.266. The molecular formula is C94H87ClN2O36. The Morgan fingerprint density at radius 1 is 0.466 bits per heavy atom. The number of Topliss-reactive ketones (excluding diaryl/α,β-unsaturated/α-hetero) is 1. The molecule has 0 aliphatic carbocycles. The Balaban J connectivity index is 0.000000244. The summed E-state index contributed by atoms with van der Waals surface area (Å²) >= 11 is 5.96. The minimum absolute atomic E-state index is 0.00565. The number of fused-ring (bicyclic) bond motifs is 12. The number of hydrogen-bond donors (Lipinski definition) is 3. The summed E-state index contributed by atoms with van der Waals surface area (Å²) in [7, 11) is 1.34. The van der Waals surface area contributed by atoms with Gasteiger partial charge >= 0.3 is 59.7 Å². The van der Waals surface area contributed by atoms with Gasteiger partial charge in [-0.3, -0.25) is 53.8 Å². The van der Waals surface area contributed by atoms with E-state index in [1.807, 2.05) is 6.79 Å². The summed E-state index contributed by atoms with van der Waals surface area (Å²) in [5.41, 5.74) is 1.11. The summed E-state index contributed by atoms with van der Waals surface area (Å²) in [4.78, 5) is 174. The van der Waals surface area contributed by atoms with Crippen LogP contribution in [0.25, 0.3) is 0 Å². The minimum Gasteiger partial charge on any atom is -0.508 e. The summed E-state index contributed by atoms with van der Waals surface area (Å²) in [6, 6.07) is 37.5. The van der Waals surface area contributed by atoms with E-state index in [1.165, 1.54) is 67.8 Å². The maximum absolute atomic E-state index is 13.4. The highest BCUT2D eigenvalue weighted by Gasteiger charge is 2.55. The second kappa shape index (κ2) is 47.4. The zero-order valence-electron chi connectivity index (χ0n) is 71.5. The number of hydrogen-bond acceptors (Lipinski definition) is 36. The first kappa shape index (κ1) is 101. The van der Waals surface area contributed by atoms with E-state index >= 15 is 0 Å². The van der Waals surface area contributed by atoms with Crippen molar-refractivity contribution in [2.45, 2.75) is 101 Å². The molecule has 0 radical (unpaired) electrons. The molecule has 4 aliphatic heterocycles. The monoisotopic (exact) mass is 1850 g/mol. The molecule has 4 heterocycles. The van der Waals surface area contributed by atoms with Crippen LogP contribution in [0.4, 0.5) is 11.4 Å². The van der Waals surface area contributed by atoms with Gasteiger partial charge in [0.25, 0.3) is 11.4 Å². The van der Waals surface area contributed by atoms with Gasteiger partial charge in [-0.15, -0.1) is 11.6 Å². The van der Waals surface area contributed by atoms with Gasteiger partial charge in [-0.1, -0.05) is 62.7 Å². The lowest BCUT2D eigenvalue weighted by Crippen LogP contribution is -2.33. The number of carbonyl (C=O) groups is 13. The first-order valence-corrected chi connectivity index (χ1v) is 40.8. The number of esters is 10. The van der Waals surface area contributed by atoms with Gasteiger partial charge in [0, 0.05) is 99.8 Å². The van der Waals surface area contributed by atoms with Crippen molar-refractivity contribution >= 4 is 101 Å². The standard InChI is InChI=1S/C46H41NO17.C29H22O10.C18H22ClNO8.CH2O/c1-5-35(48)44(53)36(49)12-9-19-58-40-25-34(47(55)56)30(24-39(40)57-4)26(3)61-27-13-15-32-37(22-27)63-38-23-28(62-43(52)18-17-42(51)60-21-20-59-41(50)6-2)14-16-33(38)46(32)31-11-8-7-10-29(31)45(54)64-46;1-2-25(31)35-13-14-36-26(32)11-12-27(33)37-18-8-10-22-24(16-18)38-23-15-17(30)7-9-21(23)29(22)20-6-4-3-5-19(20)28(34)39-29;1-3-17(22)27-7-8-28-18(23)5-4-6-26-16-10-15(20(24)25)14(12(2)19)9-13(16)11-21;1-2/h5-8,10-11,13-16,22-26,44,53H,1-2,9,12,17-21H2,3-4H3;2-10,15-16,30H,1,11-14H2;3,9-10,12,21H,1,4-8,11H2,2H3;1H2. The van der Waals surface area contributed by atoms with Crippen molar-refractivity contribution in [3.8, 4) is 63.2 Å². The quantitative estimate of drug-likeness (QED) is 0.00369. The van der Waals surface area contributed by atoms with Crippen LogP contribution in [0, 0.1) is 20.2 Å². The van der Waals surface area contributed by atoms with Gasteiger partial charge in [-0.25, -0.2) is 24.0 Å². The van der Waals surface area contributed by atoms with Crippen molar-refractivity contribution in [2.24, 2.45) is 0 Å². The van der Waals surface area contributed by atoms with Crippen LogP contribution >= 0.6 is 11.6 Å². The van der Waals surface area contributed by atoms with Gasteiger partial charge in [0.15, 0.2) is 40.4 Å². The molecule has 8 aromatic rings. The highest BCUT2D eigenvalue weighted by Crippen LogP contribution is 2.59. The predicted octanol–water partition coefficient (Wildman–Crippen LogP) is 12.7. The van der Waals surface area contributed by atoms with Gasteiger partial charge < -0.3 is 95.9 Å². The van der Waals surface area contributed by atoms with Crippen molar-refractivity contribution in [2.75, 3.05) is 60.0 Å². The maximum Gasteiger partial charge on any atom is 0.340 e. The van der Waals surface area contributed by atoms with E-state index in [0.717, 1.165) is 30.4 Å². The molecule has 0 bridgehead atoms. The zero-order chi connectivity index (χ0) is 96.8. The van der Waals surface area contributed by atoms with E-state index in [4.69, 9.17) is 87.4 Å². The maximum atomic E-state index is 13.4. The minimum atomic E-state index is -1.83. The summed E-state index contributed by atoms with van der Waals surface area (Å²) in [5, 5.41) is 52.3. The smallest absolute Gasteiger partial charge is 0.340 e. The Hall–Kier alpha value is -16.0. The largest absolute Gasteiger partial charge is 0.508 e. The molecule has 0 fully saturated rings. The predicted molar refractivity (Wildman–Crippen MR) is 462 cm³/mol. The topological polar surface area (TPSA) is 517 Å². The zero-order valence-corrected chi connectivity index (χ0v) is 72.3. The lowest BCUT2D eigenvalue weighted by molar-refractivity contribution is -0.386. The van der Waals surface area contributed by atoms with E-state index in [2.05, 4.69) is 31.1 Å². The van der Waals surface area contributed by atoms with E-state index in [-0.39, 0.29) is 197 Å². The second-order valence-corrected chi connectivity index (χ2v) is 29.0. The number of nitro benzene ring substituents is 2. The third kappa shape index (κ3) is 25.1. The molecule has 133 heavy (non-hydrogen) atoms. The third-order valence-corrected chi connectivity index (χ3v) is 20.0. The van der Waals surface area contributed by atoms with Crippen LogP contribution in [0.3, 0.4) is 0 Å². The number of ketones is 2. The number of methoxy groups -OCH3 is 1. The molecule has 696 valence electrons. The number of phenols is 1. The lowest BCUT2D eigenvalue weighted by atomic mass is 9.77. The average Bonchev–Trinajstić information content (AvgIpc) is 1.57. The number of aliphatic hydroxyl groups is 2. The summed E-state index contributed by atoms with van der Waals surface area (Å²) in [6.07, 6.45) is 0.0782. The molecule has 4 aliphatic rings. The summed E-state index contributed by atoms with van der Waals surface area (Å²) in [6.45, 7) is 17.0. The number of halogens is 1. The van der Waals surface area contributed by atoms with Crippen LogP contribution in [-0.4, -0.2) is 169 Å². The number of rotatable bonds is 41. The number of nitrogens with zero attached hydrogens (tertiary/aromatic N) is 2. The SMILES string of the molecule is C=CC(=O)OCCOC(=O)CCC(=O)Oc1ccc2c(c1)Oc1cc(O)ccc1C21OC(=O)c2ccccc21.C=CC(=O)OCCOC(=O)CCC(=O)Oc1ccc2c(c1)Oc1cc(OC(C)c3cc(OC)c(OCCCC(=O)C(O)C(=O)C=C)cc3[N+](=O)[O-])ccc1C21OC(=O)c2ccccc21.C=CC(=O)OCCOC(=O)CCCOc1cc([N+](=O)[O-])c(C(C)Cl)cc1CO.C=O. The van der Waals surface area contributed by atoms with Crippen molar-refractivity contribution < 1.29 is 163 Å². The van der Waals surface area contributed by atoms with Crippen LogP contribution in [-0.2, 0) is 108 Å². The highest BCUT2D eigenvalue weighted by atomic mass is 35.5. The number of phenolic OH excluding ortho intramolecular Hbond substituents is 1. The Kier molecular flexibility index (Phi) is 35.9. The third-order valence-electron chi connectivity index (χ3n) is 19.8. The van der Waals surface area contributed by atoms with E-state index in [1.54, 1.807) is 92.7 Å². The number of aromatic hydroxyl groups is 1. The number of aliphatic hydroxyl groups excluding tert-OH is 2. The number of carbonyl (C=O) groups excluding carboxylic acids is 13. The molecule has 2 spiro atoms. The Labute approximate surface area is 762 Å². The Morgan fingerprint density at radius 3 is 1.31 bits per heavy atom. The van der Waals surface area contributed by atoms with Gasteiger partial charge in [0.05, 0.1) is 96.7 Å². The molecule has 3 N–H and O–H groups in total. The van der Waals surface area contributed by atoms with Crippen LogP contribution < -0.4 is 37.9 Å². The molecule has 5 unspecified atom stereocenters. The van der Waals surface area contributed by atoms with Crippen molar-refractivity contribution in [3.05, 3.63) is 278 Å². The molecule has 38 nitrogen and oxygen atoms in total. The van der Waals surface area contributed by atoms with Gasteiger partial charge in [0.2, 0.25) is 0 Å². The molecule has 8 aromatic carbocycles. The first-order valence-electron chi connectivity index (χ1n) is 40.4. The molecule has 12 rings (SSSR count). The van der Waals surface area contributed by atoms with E-state index in [9.17, 15) is 93.1 Å². The molecule has 0 aromatic heterocycles. The molecule has 0 saturated carbocycles. The fourth-order valence-corrected chi connectivity index (χ4v) is 13.9. The summed E-state index contributed by atoms with van der Waals surface area (Å²) in [5.74, 6) is -6.38. The van der Waals surface area contributed by atoms with Gasteiger partial charge in [-0.05, 0) is 106 Å². The molecule has 5 atom stereocenters. The van der Waals surface area contributed by atoms with Crippen LogP contribution in [0.15, 0.2) is 196 Å². The Morgan fingerprint density at radius 2 is 0.865 bits per heavy atom. The van der Waals surface area contributed by atoms with E-state index < -0.39 is 110 Å². The van der Waals surface area contributed by atoms with Gasteiger partial charge in [0.1, 0.15) is 104 Å².